The average molecular weight is 287 g/mol. The van der Waals surface area contributed by atoms with Gasteiger partial charge in [-0.1, -0.05) is 11.2 Å². The molecule has 0 bridgehead atoms. The van der Waals surface area contributed by atoms with Crippen molar-refractivity contribution in [1.82, 2.24) is 20.1 Å². The predicted octanol–water partition coefficient (Wildman–Crippen LogP) is 2.40. The van der Waals surface area contributed by atoms with Crippen LogP contribution in [-0.2, 0) is 6.54 Å². The van der Waals surface area contributed by atoms with Crippen LogP contribution < -0.4 is 5.32 Å². The molecule has 2 aromatic heterocycles. The van der Waals surface area contributed by atoms with Crippen molar-refractivity contribution in [1.29, 1.82) is 0 Å². The summed E-state index contributed by atoms with van der Waals surface area (Å²) in [5, 5.41) is 11.5. The van der Waals surface area contributed by atoms with Crippen molar-refractivity contribution in [2.24, 2.45) is 5.92 Å². The second kappa shape index (κ2) is 5.81. The number of aryl methyl sites for hydroxylation is 1. The van der Waals surface area contributed by atoms with Crippen molar-refractivity contribution in [2.45, 2.75) is 32.4 Å². The molecule has 1 unspecified atom stereocenters. The number of hydrogen-bond donors (Lipinski definition) is 1. The fraction of sp³-hybridized carbons (Fsp3) is 0.533. The number of nitrogens with zero attached hydrogens (tertiary/aromatic N) is 4. The van der Waals surface area contributed by atoms with Crippen molar-refractivity contribution in [3.05, 3.63) is 35.5 Å². The van der Waals surface area contributed by atoms with Crippen LogP contribution in [0.5, 0.6) is 0 Å². The highest BCUT2D eigenvalue weighted by atomic mass is 16.4. The lowest BCUT2D eigenvalue weighted by Gasteiger charge is -2.16. The minimum Gasteiger partial charge on any atom is -0.407 e. The van der Waals surface area contributed by atoms with Crippen LogP contribution in [0, 0.1) is 12.8 Å². The van der Waals surface area contributed by atoms with Gasteiger partial charge in [-0.3, -0.25) is 4.98 Å². The zero-order chi connectivity index (χ0) is 14.8. The quantitative estimate of drug-likeness (QED) is 0.880. The van der Waals surface area contributed by atoms with E-state index in [2.05, 4.69) is 26.6 Å². The van der Waals surface area contributed by atoms with Crippen molar-refractivity contribution in [3.8, 4) is 0 Å². The van der Waals surface area contributed by atoms with Crippen LogP contribution in [0.15, 0.2) is 22.6 Å². The Labute approximate surface area is 124 Å². The number of hydrogen-bond acceptors (Lipinski definition) is 6. The second-order valence-corrected chi connectivity index (χ2v) is 5.90. The van der Waals surface area contributed by atoms with Gasteiger partial charge in [0.15, 0.2) is 0 Å². The summed E-state index contributed by atoms with van der Waals surface area (Å²) in [6.07, 6.45) is 2.43. The molecule has 0 radical (unpaired) electrons. The Balaban J connectivity index is 1.75. The van der Waals surface area contributed by atoms with Gasteiger partial charge in [-0.25, -0.2) is 0 Å². The van der Waals surface area contributed by atoms with Crippen molar-refractivity contribution >= 4 is 6.01 Å². The van der Waals surface area contributed by atoms with Gasteiger partial charge < -0.3 is 14.6 Å². The Morgan fingerprint density at radius 1 is 1.33 bits per heavy atom. The number of aromatic nitrogens is 3. The van der Waals surface area contributed by atoms with E-state index in [0.717, 1.165) is 11.4 Å². The molecule has 0 aliphatic heterocycles. The van der Waals surface area contributed by atoms with E-state index in [1.807, 2.05) is 38.1 Å². The Kier molecular flexibility index (Phi) is 3.88. The number of rotatable bonds is 6. The summed E-state index contributed by atoms with van der Waals surface area (Å²) in [5.41, 5.74) is 2.07. The standard InChI is InChI=1S/C15H21N5O/c1-10-5-4-6-12(16-10)14(11-7-8-11)17-15-19-18-13(21-15)9-20(2)3/h4-6,11,14H,7-9H2,1-3H3,(H,17,19). The molecular formula is C15H21N5O. The monoisotopic (exact) mass is 287 g/mol. The Hall–Kier alpha value is -1.95. The molecule has 6 nitrogen and oxygen atoms in total. The van der Waals surface area contributed by atoms with Crippen LogP contribution in [-0.4, -0.2) is 34.2 Å². The van der Waals surface area contributed by atoms with E-state index < -0.39 is 0 Å². The number of nitrogens with one attached hydrogen (secondary N) is 1. The fourth-order valence-electron chi connectivity index (χ4n) is 2.38. The largest absolute Gasteiger partial charge is 0.407 e. The Morgan fingerprint density at radius 2 is 2.14 bits per heavy atom. The van der Waals surface area contributed by atoms with Crippen LogP contribution >= 0.6 is 0 Å². The fourth-order valence-corrected chi connectivity index (χ4v) is 2.38. The van der Waals surface area contributed by atoms with Gasteiger partial charge in [0.1, 0.15) is 0 Å². The highest BCUT2D eigenvalue weighted by Crippen LogP contribution is 2.42. The highest BCUT2D eigenvalue weighted by molar-refractivity contribution is 5.28. The first-order valence-electron chi connectivity index (χ1n) is 7.29. The average Bonchev–Trinajstić information content (AvgIpc) is 3.17. The van der Waals surface area contributed by atoms with Crippen LogP contribution in [0.1, 0.15) is 36.2 Å². The minimum absolute atomic E-state index is 0.151. The molecule has 0 spiro atoms. The van der Waals surface area contributed by atoms with Crippen molar-refractivity contribution < 1.29 is 4.42 Å². The van der Waals surface area contributed by atoms with Gasteiger partial charge in [-0.05, 0) is 51.9 Å². The molecule has 0 amide bonds. The molecule has 112 valence electrons. The maximum absolute atomic E-state index is 5.65. The molecule has 1 aliphatic carbocycles. The zero-order valence-corrected chi connectivity index (χ0v) is 12.7. The summed E-state index contributed by atoms with van der Waals surface area (Å²) in [4.78, 5) is 6.62. The lowest BCUT2D eigenvalue weighted by atomic mass is 10.1. The van der Waals surface area contributed by atoms with Crippen LogP contribution in [0.4, 0.5) is 6.01 Å². The summed E-state index contributed by atoms with van der Waals surface area (Å²) in [7, 11) is 3.95. The third-order valence-electron chi connectivity index (χ3n) is 3.52. The first kappa shape index (κ1) is 14.0. The first-order valence-corrected chi connectivity index (χ1v) is 7.29. The summed E-state index contributed by atoms with van der Waals surface area (Å²) < 4.78 is 5.65. The van der Waals surface area contributed by atoms with E-state index in [9.17, 15) is 0 Å². The zero-order valence-electron chi connectivity index (χ0n) is 12.7. The smallest absolute Gasteiger partial charge is 0.316 e. The summed E-state index contributed by atoms with van der Waals surface area (Å²) in [6, 6.07) is 6.74. The molecule has 1 atom stereocenters. The number of pyridine rings is 1. The van der Waals surface area contributed by atoms with Gasteiger partial charge in [-0.15, -0.1) is 5.10 Å². The van der Waals surface area contributed by atoms with E-state index in [0.29, 0.717) is 24.4 Å². The first-order chi connectivity index (χ1) is 10.1. The third kappa shape index (κ3) is 3.58. The van der Waals surface area contributed by atoms with Gasteiger partial charge in [0.05, 0.1) is 18.3 Å². The van der Waals surface area contributed by atoms with Crippen LogP contribution in [0.3, 0.4) is 0 Å². The molecule has 0 aromatic carbocycles. The molecule has 0 saturated heterocycles. The van der Waals surface area contributed by atoms with Crippen molar-refractivity contribution in [3.63, 3.8) is 0 Å². The SMILES string of the molecule is Cc1cccc(C(Nc2nnc(CN(C)C)o2)C2CC2)n1. The molecule has 1 N–H and O–H groups in total. The highest BCUT2D eigenvalue weighted by Gasteiger charge is 2.34. The van der Waals surface area contributed by atoms with Gasteiger partial charge in [0.25, 0.3) is 0 Å². The van der Waals surface area contributed by atoms with E-state index in [4.69, 9.17) is 4.42 Å². The molecule has 2 heterocycles. The van der Waals surface area contributed by atoms with Crippen LogP contribution in [0.2, 0.25) is 0 Å². The summed E-state index contributed by atoms with van der Waals surface area (Å²) in [5.74, 6) is 1.22. The normalized spacial score (nSPS) is 16.2. The maximum atomic E-state index is 5.65. The van der Waals surface area contributed by atoms with Crippen molar-refractivity contribution in [2.75, 3.05) is 19.4 Å². The molecule has 1 aliphatic rings. The Morgan fingerprint density at radius 3 is 2.81 bits per heavy atom. The predicted molar refractivity (Wildman–Crippen MR) is 79.8 cm³/mol. The van der Waals surface area contributed by atoms with Gasteiger partial charge >= 0.3 is 6.01 Å². The van der Waals surface area contributed by atoms with E-state index in [-0.39, 0.29) is 6.04 Å². The van der Waals surface area contributed by atoms with Crippen LogP contribution in [0.25, 0.3) is 0 Å². The molecule has 1 fully saturated rings. The van der Waals surface area contributed by atoms with E-state index >= 15 is 0 Å². The lowest BCUT2D eigenvalue weighted by Crippen LogP contribution is -2.15. The van der Waals surface area contributed by atoms with E-state index in [1.54, 1.807) is 0 Å². The molecular weight excluding hydrogens is 266 g/mol. The second-order valence-electron chi connectivity index (χ2n) is 5.90. The topological polar surface area (TPSA) is 67.1 Å². The van der Waals surface area contributed by atoms with Gasteiger partial charge in [0, 0.05) is 5.69 Å². The molecule has 3 rings (SSSR count). The third-order valence-corrected chi connectivity index (χ3v) is 3.52. The maximum Gasteiger partial charge on any atom is 0.316 e. The van der Waals surface area contributed by atoms with Gasteiger partial charge in [-0.2, -0.15) is 0 Å². The number of anilines is 1. The van der Waals surface area contributed by atoms with Gasteiger partial charge in [0.2, 0.25) is 5.89 Å². The molecule has 2 aromatic rings. The summed E-state index contributed by atoms with van der Waals surface area (Å²) >= 11 is 0. The Bertz CT molecular complexity index is 606. The lowest BCUT2D eigenvalue weighted by molar-refractivity contribution is 0.343. The van der Waals surface area contributed by atoms with E-state index in [1.165, 1.54) is 12.8 Å². The minimum atomic E-state index is 0.151. The molecule has 6 heteroatoms. The molecule has 21 heavy (non-hydrogen) atoms. The summed E-state index contributed by atoms with van der Waals surface area (Å²) in [6.45, 7) is 2.65. The molecule has 1 saturated carbocycles.